The van der Waals surface area contributed by atoms with E-state index in [-0.39, 0.29) is 5.66 Å². The molecule has 1 heterocycles. The van der Waals surface area contributed by atoms with E-state index in [1.807, 2.05) is 19.1 Å². The summed E-state index contributed by atoms with van der Waals surface area (Å²) < 4.78 is 10.5. The Bertz CT molecular complexity index is 463. The number of furan rings is 1. The van der Waals surface area contributed by atoms with E-state index < -0.39 is 7.12 Å². The molecule has 5 heteroatoms. The fourth-order valence-electron chi connectivity index (χ4n) is 1.42. The van der Waals surface area contributed by atoms with Gasteiger partial charge in [-0.05, 0) is 25.1 Å². The van der Waals surface area contributed by atoms with E-state index >= 15 is 0 Å². The van der Waals surface area contributed by atoms with Crippen molar-refractivity contribution >= 4 is 23.7 Å². The summed E-state index contributed by atoms with van der Waals surface area (Å²) in [5, 5.41) is 18.7. The largest absolute Gasteiger partial charge is 0.526 e. The summed E-state index contributed by atoms with van der Waals surface area (Å²) in [6.45, 7) is 2.48. The van der Waals surface area contributed by atoms with Gasteiger partial charge in [0.15, 0.2) is 0 Å². The highest BCUT2D eigenvalue weighted by Gasteiger charge is 2.16. The lowest BCUT2D eigenvalue weighted by Gasteiger charge is -2.00. The molecular weight excluding hydrogens is 195 g/mol. The van der Waals surface area contributed by atoms with E-state index in [2.05, 4.69) is 0 Å². The quantitative estimate of drug-likeness (QED) is 0.718. The predicted octanol–water partition coefficient (Wildman–Crippen LogP) is 0.511. The molecule has 1 aromatic carbocycles. The van der Waals surface area contributed by atoms with Gasteiger partial charge in [-0.1, -0.05) is 0 Å². The number of rotatable bonds is 3. The van der Waals surface area contributed by atoms with Crippen LogP contribution in [0.4, 0.5) is 0 Å². The van der Waals surface area contributed by atoms with E-state index in [4.69, 9.17) is 19.2 Å². The monoisotopic (exact) mass is 206 g/mol. The number of fused-ring (bicyclic) bond motifs is 1. The molecule has 0 aliphatic carbocycles. The van der Waals surface area contributed by atoms with Gasteiger partial charge in [-0.3, -0.25) is 0 Å². The molecule has 15 heavy (non-hydrogen) atoms. The van der Waals surface area contributed by atoms with Crippen molar-refractivity contribution in [2.75, 3.05) is 6.61 Å². The molecule has 0 aliphatic heterocycles. The summed E-state index contributed by atoms with van der Waals surface area (Å²) in [6.07, 6.45) is 0. The van der Waals surface area contributed by atoms with Gasteiger partial charge in [-0.2, -0.15) is 0 Å². The minimum atomic E-state index is -1.58. The number of benzene rings is 1. The third-order valence-corrected chi connectivity index (χ3v) is 2.08. The SMILES string of the molecule is CCOc1ccc2cc(B(O)O)oc2c1. The minimum Gasteiger partial charge on any atom is -0.494 e. The van der Waals surface area contributed by atoms with Crippen molar-refractivity contribution in [2.24, 2.45) is 0 Å². The highest BCUT2D eigenvalue weighted by molar-refractivity contribution is 6.57. The van der Waals surface area contributed by atoms with Crippen LogP contribution in [0.3, 0.4) is 0 Å². The molecule has 0 unspecified atom stereocenters. The maximum Gasteiger partial charge on any atom is 0.526 e. The second-order valence-corrected chi connectivity index (χ2v) is 3.16. The molecule has 0 saturated heterocycles. The molecule has 0 bridgehead atoms. The third kappa shape index (κ3) is 1.98. The van der Waals surface area contributed by atoms with Crippen molar-refractivity contribution in [3.05, 3.63) is 24.3 Å². The first kappa shape index (κ1) is 10.1. The molecule has 0 fully saturated rings. The molecule has 0 amide bonds. The van der Waals surface area contributed by atoms with Crippen LogP contribution in [0.2, 0.25) is 0 Å². The smallest absolute Gasteiger partial charge is 0.494 e. The lowest BCUT2D eigenvalue weighted by Crippen LogP contribution is -2.27. The van der Waals surface area contributed by atoms with Gasteiger partial charge in [0.25, 0.3) is 0 Å². The van der Waals surface area contributed by atoms with Crippen LogP contribution in [0.5, 0.6) is 5.75 Å². The summed E-state index contributed by atoms with van der Waals surface area (Å²) >= 11 is 0. The fraction of sp³-hybridized carbons (Fsp3) is 0.200. The van der Waals surface area contributed by atoms with Gasteiger partial charge in [0, 0.05) is 11.5 Å². The molecule has 2 N–H and O–H groups in total. The van der Waals surface area contributed by atoms with Crippen LogP contribution < -0.4 is 10.4 Å². The molecule has 0 atom stereocenters. The first-order valence-corrected chi connectivity index (χ1v) is 4.73. The van der Waals surface area contributed by atoms with Gasteiger partial charge < -0.3 is 19.2 Å². The van der Waals surface area contributed by atoms with Crippen LogP contribution in [0.1, 0.15) is 6.92 Å². The Hall–Kier alpha value is -1.46. The van der Waals surface area contributed by atoms with Crippen LogP contribution in [-0.2, 0) is 0 Å². The molecule has 0 saturated carbocycles. The Morgan fingerprint density at radius 3 is 2.80 bits per heavy atom. The molecule has 0 spiro atoms. The topological polar surface area (TPSA) is 62.8 Å². The summed E-state index contributed by atoms with van der Waals surface area (Å²) in [7, 11) is -1.58. The first-order chi connectivity index (χ1) is 7.20. The van der Waals surface area contributed by atoms with Crippen molar-refractivity contribution in [1.29, 1.82) is 0 Å². The second kappa shape index (κ2) is 3.96. The Labute approximate surface area is 87.2 Å². The van der Waals surface area contributed by atoms with Crippen molar-refractivity contribution in [2.45, 2.75) is 6.92 Å². The molecule has 0 aliphatic rings. The summed E-state index contributed by atoms with van der Waals surface area (Å²) in [4.78, 5) is 0. The van der Waals surface area contributed by atoms with Crippen LogP contribution in [0.15, 0.2) is 28.7 Å². The maximum absolute atomic E-state index is 8.93. The Kier molecular flexibility index (Phi) is 2.66. The van der Waals surface area contributed by atoms with Crippen LogP contribution in [0, 0.1) is 0 Å². The van der Waals surface area contributed by atoms with Crippen LogP contribution >= 0.6 is 0 Å². The van der Waals surface area contributed by atoms with Crippen molar-refractivity contribution in [3.63, 3.8) is 0 Å². The van der Waals surface area contributed by atoms with E-state index in [0.717, 1.165) is 5.39 Å². The van der Waals surface area contributed by atoms with Gasteiger partial charge in [0.2, 0.25) is 0 Å². The van der Waals surface area contributed by atoms with E-state index in [0.29, 0.717) is 17.9 Å². The molecule has 4 nitrogen and oxygen atoms in total. The Morgan fingerprint density at radius 2 is 2.13 bits per heavy atom. The van der Waals surface area contributed by atoms with Crippen molar-refractivity contribution in [3.8, 4) is 5.75 Å². The zero-order valence-electron chi connectivity index (χ0n) is 8.30. The molecule has 1 aromatic heterocycles. The van der Waals surface area contributed by atoms with Gasteiger partial charge in [0.1, 0.15) is 17.0 Å². The molecular formula is C10H11BO4. The van der Waals surface area contributed by atoms with Gasteiger partial charge >= 0.3 is 7.12 Å². The van der Waals surface area contributed by atoms with Crippen LogP contribution in [0.25, 0.3) is 11.0 Å². The van der Waals surface area contributed by atoms with E-state index in [9.17, 15) is 0 Å². The highest BCUT2D eigenvalue weighted by atomic mass is 16.5. The van der Waals surface area contributed by atoms with Crippen molar-refractivity contribution in [1.82, 2.24) is 0 Å². The molecule has 78 valence electrons. The minimum absolute atomic E-state index is 0.138. The van der Waals surface area contributed by atoms with Gasteiger partial charge in [-0.25, -0.2) is 0 Å². The zero-order chi connectivity index (χ0) is 10.8. The van der Waals surface area contributed by atoms with Crippen LogP contribution in [-0.4, -0.2) is 23.8 Å². The Morgan fingerprint density at radius 1 is 1.33 bits per heavy atom. The second-order valence-electron chi connectivity index (χ2n) is 3.16. The summed E-state index contributed by atoms with van der Waals surface area (Å²) in [6, 6.07) is 6.95. The fourth-order valence-corrected chi connectivity index (χ4v) is 1.42. The lowest BCUT2D eigenvalue weighted by atomic mass is 9.88. The lowest BCUT2D eigenvalue weighted by molar-refractivity contribution is 0.340. The third-order valence-electron chi connectivity index (χ3n) is 2.08. The normalized spacial score (nSPS) is 10.6. The summed E-state index contributed by atoms with van der Waals surface area (Å²) in [5.74, 6) is 0.707. The van der Waals surface area contributed by atoms with E-state index in [1.165, 1.54) is 0 Å². The zero-order valence-corrected chi connectivity index (χ0v) is 8.30. The van der Waals surface area contributed by atoms with E-state index in [1.54, 1.807) is 12.1 Å². The standard InChI is InChI=1S/C10H11BO4/c1-2-14-8-4-3-7-5-10(11(12)13)15-9(7)6-8/h3-6,12-13H,2H2,1H3. The Balaban J connectivity index is 2.43. The molecule has 0 radical (unpaired) electrons. The average molecular weight is 206 g/mol. The maximum atomic E-state index is 8.93. The predicted molar refractivity (Wildman–Crippen MR) is 57.2 cm³/mol. The molecule has 2 aromatic rings. The first-order valence-electron chi connectivity index (χ1n) is 4.73. The number of hydrogen-bond donors (Lipinski definition) is 2. The van der Waals surface area contributed by atoms with Gasteiger partial charge in [-0.15, -0.1) is 0 Å². The number of hydrogen-bond acceptors (Lipinski definition) is 4. The summed E-state index contributed by atoms with van der Waals surface area (Å²) in [5.41, 5.74) is 0.725. The van der Waals surface area contributed by atoms with Crippen molar-refractivity contribution < 1.29 is 19.2 Å². The number of ether oxygens (including phenoxy) is 1. The van der Waals surface area contributed by atoms with Gasteiger partial charge in [0.05, 0.1) is 6.61 Å². The highest BCUT2D eigenvalue weighted by Crippen LogP contribution is 2.20. The molecule has 2 rings (SSSR count). The average Bonchev–Trinajstić information content (AvgIpc) is 2.61.